The second-order valence-corrected chi connectivity index (χ2v) is 13.4. The molecular formula is C43H27N3OS. The molecule has 4 nitrogen and oxygen atoms in total. The summed E-state index contributed by atoms with van der Waals surface area (Å²) in [5.74, 6) is 2.91. The van der Waals surface area contributed by atoms with E-state index in [1.807, 2.05) is 23.5 Å². The topological polar surface area (TPSA) is 47.9 Å². The van der Waals surface area contributed by atoms with Gasteiger partial charge in [-0.3, -0.25) is 0 Å². The van der Waals surface area contributed by atoms with Crippen LogP contribution in [-0.4, -0.2) is 21.1 Å². The molecule has 2 unspecified atom stereocenters. The molecule has 0 N–H and O–H groups in total. The lowest BCUT2D eigenvalue weighted by Gasteiger charge is -2.16. The first kappa shape index (κ1) is 27.2. The number of benzene rings is 6. The van der Waals surface area contributed by atoms with Crippen molar-refractivity contribution < 1.29 is 4.74 Å². The van der Waals surface area contributed by atoms with E-state index in [0.717, 1.165) is 39.0 Å². The van der Waals surface area contributed by atoms with E-state index < -0.39 is 0 Å². The maximum atomic E-state index is 6.36. The highest BCUT2D eigenvalue weighted by atomic mass is 32.1. The van der Waals surface area contributed by atoms with Gasteiger partial charge in [-0.1, -0.05) is 121 Å². The molecule has 6 aromatic carbocycles. The summed E-state index contributed by atoms with van der Waals surface area (Å²) < 4.78 is 8.94. The molecule has 0 radical (unpaired) electrons. The number of fused-ring (bicyclic) bond motifs is 7. The Morgan fingerprint density at radius 1 is 0.521 bits per heavy atom. The summed E-state index contributed by atoms with van der Waals surface area (Å²) in [6, 6.07) is 44.8. The molecule has 10 rings (SSSR count). The third kappa shape index (κ3) is 4.39. The molecule has 48 heavy (non-hydrogen) atoms. The van der Waals surface area contributed by atoms with E-state index in [2.05, 4.69) is 140 Å². The molecule has 3 heterocycles. The first-order chi connectivity index (χ1) is 23.8. The molecule has 226 valence electrons. The van der Waals surface area contributed by atoms with E-state index >= 15 is 0 Å². The van der Waals surface area contributed by atoms with Gasteiger partial charge < -0.3 is 4.74 Å². The van der Waals surface area contributed by atoms with Gasteiger partial charge in [-0.05, 0) is 52.2 Å². The summed E-state index contributed by atoms with van der Waals surface area (Å²) >= 11 is 1.84. The van der Waals surface area contributed by atoms with Crippen molar-refractivity contribution in [1.29, 1.82) is 0 Å². The molecule has 2 atom stereocenters. The molecule has 1 aliphatic heterocycles. The highest BCUT2D eigenvalue weighted by Crippen LogP contribution is 2.46. The fourth-order valence-electron chi connectivity index (χ4n) is 7.18. The van der Waals surface area contributed by atoms with Gasteiger partial charge in [-0.25, -0.2) is 15.0 Å². The first-order valence-corrected chi connectivity index (χ1v) is 17.0. The van der Waals surface area contributed by atoms with Crippen molar-refractivity contribution in [3.8, 4) is 51.0 Å². The van der Waals surface area contributed by atoms with E-state index in [-0.39, 0.29) is 12.0 Å². The zero-order valence-electron chi connectivity index (χ0n) is 25.7. The van der Waals surface area contributed by atoms with Crippen LogP contribution >= 0.6 is 11.3 Å². The smallest absolute Gasteiger partial charge is 0.164 e. The summed E-state index contributed by atoms with van der Waals surface area (Å²) in [5.41, 5.74) is 6.33. The number of hydrogen-bond acceptors (Lipinski definition) is 5. The summed E-state index contributed by atoms with van der Waals surface area (Å²) in [4.78, 5) is 15.5. The van der Waals surface area contributed by atoms with Crippen molar-refractivity contribution in [2.45, 2.75) is 12.0 Å². The molecule has 0 saturated carbocycles. The first-order valence-electron chi connectivity index (χ1n) is 16.2. The number of nitrogens with zero attached hydrogens (tertiary/aromatic N) is 3. The molecule has 0 bridgehead atoms. The largest absolute Gasteiger partial charge is 0.485 e. The SMILES string of the molecule is C1=CC2Oc3cccc(-c4nc(-c5cccc(-c6cccc7c6sc6ccccc67)c5)nc(-c5ccc6ccccc6c5)n4)c3C2C=C1. The molecule has 0 amide bonds. The quantitative estimate of drug-likeness (QED) is 0.193. The van der Waals surface area contributed by atoms with Crippen molar-refractivity contribution in [2.75, 3.05) is 0 Å². The van der Waals surface area contributed by atoms with Crippen LogP contribution in [0, 0.1) is 0 Å². The normalized spacial score (nSPS) is 16.3. The molecular weight excluding hydrogens is 607 g/mol. The van der Waals surface area contributed by atoms with E-state index in [0.29, 0.717) is 17.5 Å². The van der Waals surface area contributed by atoms with E-state index in [1.54, 1.807) is 0 Å². The third-order valence-electron chi connectivity index (χ3n) is 9.47. The van der Waals surface area contributed by atoms with Crippen LogP contribution < -0.4 is 4.74 Å². The lowest BCUT2D eigenvalue weighted by molar-refractivity contribution is 0.269. The molecule has 0 saturated heterocycles. The highest BCUT2D eigenvalue weighted by Gasteiger charge is 2.35. The van der Waals surface area contributed by atoms with Crippen LogP contribution in [-0.2, 0) is 0 Å². The molecule has 8 aromatic rings. The number of ether oxygens (including phenoxy) is 1. The minimum Gasteiger partial charge on any atom is -0.485 e. The van der Waals surface area contributed by atoms with Crippen LogP contribution in [0.5, 0.6) is 5.75 Å². The van der Waals surface area contributed by atoms with Crippen molar-refractivity contribution in [3.05, 3.63) is 157 Å². The molecule has 0 fully saturated rings. The number of aromatic nitrogens is 3. The Morgan fingerprint density at radius 2 is 1.23 bits per heavy atom. The number of thiophene rings is 1. The molecule has 0 spiro atoms. The fraction of sp³-hybridized carbons (Fsp3) is 0.0465. The van der Waals surface area contributed by atoms with E-state index in [4.69, 9.17) is 19.7 Å². The van der Waals surface area contributed by atoms with Crippen molar-refractivity contribution in [1.82, 2.24) is 15.0 Å². The lowest BCUT2D eigenvalue weighted by Crippen LogP contribution is -2.16. The van der Waals surface area contributed by atoms with Gasteiger partial charge in [-0.2, -0.15) is 0 Å². The molecule has 2 aliphatic rings. The summed E-state index contributed by atoms with van der Waals surface area (Å²) in [5, 5.41) is 4.90. The molecule has 2 aromatic heterocycles. The van der Waals surface area contributed by atoms with Crippen LogP contribution in [0.3, 0.4) is 0 Å². The second-order valence-electron chi connectivity index (χ2n) is 12.3. The van der Waals surface area contributed by atoms with E-state index in [9.17, 15) is 0 Å². The Kier molecular flexibility index (Phi) is 6.14. The van der Waals surface area contributed by atoms with Gasteiger partial charge in [-0.15, -0.1) is 11.3 Å². The van der Waals surface area contributed by atoms with Gasteiger partial charge in [0.05, 0.1) is 0 Å². The van der Waals surface area contributed by atoms with Gasteiger partial charge in [0.2, 0.25) is 0 Å². The zero-order valence-corrected chi connectivity index (χ0v) is 26.6. The Bertz CT molecular complexity index is 2630. The average Bonchev–Trinajstić information content (AvgIpc) is 3.73. The molecule has 1 aliphatic carbocycles. The van der Waals surface area contributed by atoms with Gasteiger partial charge >= 0.3 is 0 Å². The predicted octanol–water partition coefficient (Wildman–Crippen LogP) is 11.0. The molecule has 5 heteroatoms. The summed E-state index contributed by atoms with van der Waals surface area (Å²) in [6.07, 6.45) is 8.46. The number of allylic oxidation sites excluding steroid dienone is 2. The standard InChI is InChI=1S/C43H27N3OS/c1-2-11-27-24-30(23-22-26(27)10-1)42-44-41(45-43(46-42)35-18-9-20-37-39(35)34-15-3-5-19-36(34)47-37)29-13-7-12-28(25-29)31-16-8-17-33-32-14-4-6-21-38(32)48-40(31)33/h1-25,34,36H. The zero-order chi connectivity index (χ0) is 31.6. The lowest BCUT2D eigenvalue weighted by atomic mass is 9.88. The van der Waals surface area contributed by atoms with Crippen molar-refractivity contribution in [3.63, 3.8) is 0 Å². The highest BCUT2D eigenvalue weighted by molar-refractivity contribution is 7.26. The Morgan fingerprint density at radius 3 is 2.17 bits per heavy atom. The Hall–Kier alpha value is -5.91. The predicted molar refractivity (Wildman–Crippen MR) is 197 cm³/mol. The maximum Gasteiger partial charge on any atom is 0.164 e. The fourth-order valence-corrected chi connectivity index (χ4v) is 8.41. The monoisotopic (exact) mass is 633 g/mol. The van der Waals surface area contributed by atoms with Crippen molar-refractivity contribution >= 4 is 42.3 Å². The third-order valence-corrected chi connectivity index (χ3v) is 10.7. The summed E-state index contributed by atoms with van der Waals surface area (Å²) in [7, 11) is 0. The Labute approximate surface area is 281 Å². The number of hydrogen-bond donors (Lipinski definition) is 0. The van der Waals surface area contributed by atoms with Crippen LogP contribution in [0.15, 0.2) is 152 Å². The second kappa shape index (κ2) is 10.8. The Balaban J connectivity index is 1.16. The van der Waals surface area contributed by atoms with Gasteiger partial charge in [0.1, 0.15) is 11.9 Å². The minimum absolute atomic E-state index is 0.0271. The van der Waals surface area contributed by atoms with Crippen molar-refractivity contribution in [2.24, 2.45) is 0 Å². The van der Waals surface area contributed by atoms with Crippen LogP contribution in [0.4, 0.5) is 0 Å². The minimum atomic E-state index is -0.0271. The number of rotatable bonds is 4. The van der Waals surface area contributed by atoms with E-state index in [1.165, 1.54) is 31.1 Å². The van der Waals surface area contributed by atoms with Crippen LogP contribution in [0.2, 0.25) is 0 Å². The average molecular weight is 634 g/mol. The van der Waals surface area contributed by atoms with Gasteiger partial charge in [0, 0.05) is 48.3 Å². The summed E-state index contributed by atoms with van der Waals surface area (Å²) in [6.45, 7) is 0. The van der Waals surface area contributed by atoms with Gasteiger partial charge in [0.25, 0.3) is 0 Å². The van der Waals surface area contributed by atoms with Gasteiger partial charge in [0.15, 0.2) is 17.5 Å². The van der Waals surface area contributed by atoms with Crippen LogP contribution in [0.25, 0.3) is 76.2 Å². The maximum absolute atomic E-state index is 6.36. The van der Waals surface area contributed by atoms with Crippen LogP contribution in [0.1, 0.15) is 11.5 Å².